The molecule has 0 saturated heterocycles. The van der Waals surface area contributed by atoms with Gasteiger partial charge in [0, 0.05) is 25.3 Å². The quantitative estimate of drug-likeness (QED) is 0.218. The Balaban J connectivity index is 4.19. The van der Waals surface area contributed by atoms with E-state index in [0.29, 0.717) is 18.8 Å². The highest BCUT2D eigenvalue weighted by atomic mass is 33.1. The maximum absolute atomic E-state index is 11.2. The Hall–Kier alpha value is -0.160. The van der Waals surface area contributed by atoms with Crippen LogP contribution in [0.15, 0.2) is 0 Å². The van der Waals surface area contributed by atoms with Crippen LogP contribution in [0.4, 0.5) is 4.79 Å². The van der Waals surface area contributed by atoms with Crippen LogP contribution in [0.5, 0.6) is 0 Å². The fourth-order valence-corrected chi connectivity index (χ4v) is 2.28. The SMILES string of the molecule is CNCCNC(=O)OC(CCSS)S(=O)(=O)O. The number of thiol groups is 1. The third-order valence-corrected chi connectivity index (χ3v) is 3.62. The number of nitrogens with one attached hydrogen (secondary N) is 2. The summed E-state index contributed by atoms with van der Waals surface area (Å²) in [6.45, 7) is 0.826. The highest BCUT2D eigenvalue weighted by Gasteiger charge is 2.26. The Bertz CT molecular complexity index is 321. The van der Waals surface area contributed by atoms with Gasteiger partial charge >= 0.3 is 16.2 Å². The zero-order valence-electron chi connectivity index (χ0n) is 9.25. The highest BCUT2D eigenvalue weighted by Crippen LogP contribution is 2.13. The van der Waals surface area contributed by atoms with Gasteiger partial charge in [0.2, 0.25) is 5.44 Å². The van der Waals surface area contributed by atoms with E-state index in [1.165, 1.54) is 0 Å². The van der Waals surface area contributed by atoms with E-state index < -0.39 is 21.6 Å². The smallest absolute Gasteiger partial charge is 0.408 e. The lowest BCUT2D eigenvalue weighted by atomic mass is 10.5. The molecule has 0 saturated carbocycles. The van der Waals surface area contributed by atoms with E-state index in [1.807, 2.05) is 0 Å². The van der Waals surface area contributed by atoms with Crippen molar-refractivity contribution >= 4 is 38.7 Å². The molecule has 3 N–H and O–H groups in total. The molecule has 0 aromatic carbocycles. The van der Waals surface area contributed by atoms with E-state index in [1.54, 1.807) is 7.05 Å². The number of hydrogen-bond donors (Lipinski definition) is 4. The van der Waals surface area contributed by atoms with Gasteiger partial charge in [0.25, 0.3) is 0 Å². The Morgan fingerprint density at radius 2 is 2.18 bits per heavy atom. The average molecular weight is 304 g/mol. The van der Waals surface area contributed by atoms with Gasteiger partial charge in [-0.05, 0) is 7.05 Å². The van der Waals surface area contributed by atoms with E-state index in [2.05, 4.69) is 27.0 Å². The molecule has 0 aromatic rings. The summed E-state index contributed by atoms with van der Waals surface area (Å²) < 4.78 is 35.3. The number of rotatable bonds is 8. The third-order valence-electron chi connectivity index (χ3n) is 1.66. The lowest BCUT2D eigenvalue weighted by molar-refractivity contribution is 0.126. The number of hydrogen-bond acceptors (Lipinski definition) is 7. The van der Waals surface area contributed by atoms with Crippen molar-refractivity contribution in [1.82, 2.24) is 10.6 Å². The summed E-state index contributed by atoms with van der Waals surface area (Å²) in [6.07, 6.45) is -0.904. The number of carbonyl (C=O) groups excluding carboxylic acids is 1. The summed E-state index contributed by atoms with van der Waals surface area (Å²) >= 11 is 3.83. The monoisotopic (exact) mass is 304 g/mol. The zero-order chi connectivity index (χ0) is 13.3. The average Bonchev–Trinajstić information content (AvgIpc) is 2.23. The van der Waals surface area contributed by atoms with E-state index in [-0.39, 0.29) is 6.42 Å². The van der Waals surface area contributed by atoms with Gasteiger partial charge in [0.1, 0.15) is 0 Å². The fourth-order valence-electron chi connectivity index (χ4n) is 0.868. The highest BCUT2D eigenvalue weighted by molar-refractivity contribution is 8.68. The van der Waals surface area contributed by atoms with E-state index in [0.717, 1.165) is 10.8 Å². The van der Waals surface area contributed by atoms with Gasteiger partial charge in [0.05, 0.1) is 0 Å². The standard InChI is InChI=1S/C7H16N2O5S3/c1-8-3-4-9-7(10)14-6(2-5-16-15)17(11,12)13/h6,8,15H,2-5H2,1H3,(H,9,10)(H,11,12,13). The first kappa shape index (κ1) is 16.8. The van der Waals surface area contributed by atoms with Crippen molar-refractivity contribution < 1.29 is 22.5 Å². The minimum absolute atomic E-state index is 0.0214. The molecule has 0 aliphatic rings. The molecule has 0 aromatic heterocycles. The third kappa shape index (κ3) is 8.55. The molecule has 0 spiro atoms. The lowest BCUT2D eigenvalue weighted by Gasteiger charge is -2.14. The second-order valence-corrected chi connectivity index (χ2v) is 6.00. The van der Waals surface area contributed by atoms with Gasteiger partial charge in [-0.1, -0.05) is 10.8 Å². The number of carbonyl (C=O) groups is 1. The number of ether oxygens (including phenoxy) is 1. The Labute approximate surface area is 110 Å². The summed E-state index contributed by atoms with van der Waals surface area (Å²) in [7, 11) is -1.61. The number of alkyl carbamates (subject to hydrolysis) is 1. The molecular formula is C7H16N2O5S3. The van der Waals surface area contributed by atoms with Crippen LogP contribution in [0.3, 0.4) is 0 Å². The van der Waals surface area contributed by atoms with Crippen LogP contribution in [0, 0.1) is 0 Å². The van der Waals surface area contributed by atoms with Gasteiger partial charge < -0.3 is 15.4 Å². The summed E-state index contributed by atoms with van der Waals surface area (Å²) in [5, 5.41) is 5.13. The first-order valence-electron chi connectivity index (χ1n) is 4.73. The van der Waals surface area contributed by atoms with Gasteiger partial charge in [-0.25, -0.2) is 4.79 Å². The van der Waals surface area contributed by atoms with Crippen molar-refractivity contribution in [1.29, 1.82) is 0 Å². The van der Waals surface area contributed by atoms with Gasteiger partial charge in [-0.2, -0.15) is 8.42 Å². The molecular weight excluding hydrogens is 288 g/mol. The Morgan fingerprint density at radius 3 is 2.65 bits per heavy atom. The van der Waals surface area contributed by atoms with Crippen LogP contribution in [-0.2, 0) is 14.9 Å². The molecule has 0 heterocycles. The molecule has 1 atom stereocenters. The van der Waals surface area contributed by atoms with Crippen molar-refractivity contribution in [2.75, 3.05) is 25.9 Å². The predicted molar refractivity (Wildman–Crippen MR) is 69.8 cm³/mol. The first-order valence-corrected chi connectivity index (χ1v) is 8.27. The topological polar surface area (TPSA) is 105 Å². The number of amides is 1. The van der Waals surface area contributed by atoms with Crippen LogP contribution in [0.25, 0.3) is 0 Å². The van der Waals surface area contributed by atoms with E-state index in [9.17, 15) is 13.2 Å². The molecule has 0 aliphatic carbocycles. The largest absolute Gasteiger partial charge is 0.427 e. The minimum atomic E-state index is -4.41. The van der Waals surface area contributed by atoms with Crippen LogP contribution in [-0.4, -0.2) is 50.4 Å². The second-order valence-electron chi connectivity index (χ2n) is 3.00. The van der Waals surface area contributed by atoms with Crippen molar-refractivity contribution in [3.05, 3.63) is 0 Å². The lowest BCUT2D eigenvalue weighted by Crippen LogP contribution is -2.36. The van der Waals surface area contributed by atoms with Gasteiger partial charge in [-0.15, -0.1) is 11.7 Å². The minimum Gasteiger partial charge on any atom is -0.427 e. The molecule has 10 heteroatoms. The summed E-state index contributed by atoms with van der Waals surface area (Å²) in [5.41, 5.74) is -1.56. The number of likely N-dealkylation sites (N-methyl/N-ethyl adjacent to an activating group) is 1. The Morgan fingerprint density at radius 1 is 1.53 bits per heavy atom. The normalized spacial score (nSPS) is 13.1. The molecule has 0 rings (SSSR count). The summed E-state index contributed by atoms with van der Waals surface area (Å²) in [6, 6.07) is 0. The Kier molecular flexibility index (Phi) is 8.78. The van der Waals surface area contributed by atoms with Crippen molar-refractivity contribution in [2.45, 2.75) is 11.9 Å². The molecule has 102 valence electrons. The maximum atomic E-state index is 11.2. The van der Waals surface area contributed by atoms with Crippen LogP contribution in [0.2, 0.25) is 0 Å². The van der Waals surface area contributed by atoms with Gasteiger partial charge in [-0.3, -0.25) is 4.55 Å². The van der Waals surface area contributed by atoms with Crippen molar-refractivity contribution in [3.63, 3.8) is 0 Å². The first-order chi connectivity index (χ1) is 7.91. The van der Waals surface area contributed by atoms with Crippen molar-refractivity contribution in [2.24, 2.45) is 0 Å². The van der Waals surface area contributed by atoms with E-state index >= 15 is 0 Å². The molecule has 17 heavy (non-hydrogen) atoms. The summed E-state index contributed by atoms with van der Waals surface area (Å²) in [5.74, 6) is 0.331. The molecule has 0 fully saturated rings. The molecule has 7 nitrogen and oxygen atoms in total. The zero-order valence-corrected chi connectivity index (χ0v) is 11.8. The fraction of sp³-hybridized carbons (Fsp3) is 0.857. The van der Waals surface area contributed by atoms with Crippen LogP contribution < -0.4 is 10.6 Å². The van der Waals surface area contributed by atoms with Crippen LogP contribution >= 0.6 is 22.5 Å². The molecule has 1 unspecified atom stereocenters. The van der Waals surface area contributed by atoms with Crippen LogP contribution in [0.1, 0.15) is 6.42 Å². The second kappa shape index (κ2) is 8.86. The predicted octanol–water partition coefficient (Wildman–Crippen LogP) is 0.114. The maximum Gasteiger partial charge on any atom is 0.408 e. The summed E-state index contributed by atoms with van der Waals surface area (Å²) in [4.78, 5) is 11.2. The molecule has 0 bridgehead atoms. The molecule has 0 radical (unpaired) electrons. The van der Waals surface area contributed by atoms with Crippen molar-refractivity contribution in [3.8, 4) is 0 Å². The van der Waals surface area contributed by atoms with Gasteiger partial charge in [0.15, 0.2) is 0 Å². The molecule has 0 aliphatic heterocycles. The van der Waals surface area contributed by atoms with E-state index in [4.69, 9.17) is 4.55 Å². The molecule has 1 amide bonds.